The van der Waals surface area contributed by atoms with Gasteiger partial charge in [0.15, 0.2) is 6.29 Å². The Bertz CT molecular complexity index is 260. The standard InChI is InChI=1S/C17H32O2/c1-5-8-14(11-13(3)4)15-9-7-10-16(12-15)19-17(18)6-2/h5,8,13-18H,6-7,9-12H2,1-4H3/b8-5-. The summed E-state index contributed by atoms with van der Waals surface area (Å²) >= 11 is 0. The first-order chi connectivity index (χ1) is 9.06. The molecule has 0 amide bonds. The van der Waals surface area contributed by atoms with Gasteiger partial charge in [-0.05, 0) is 56.8 Å². The van der Waals surface area contributed by atoms with Crippen LogP contribution in [0.25, 0.3) is 0 Å². The highest BCUT2D eigenvalue weighted by Gasteiger charge is 2.28. The summed E-state index contributed by atoms with van der Waals surface area (Å²) in [5, 5.41) is 9.65. The van der Waals surface area contributed by atoms with Crippen molar-refractivity contribution >= 4 is 0 Å². The van der Waals surface area contributed by atoms with Crippen molar-refractivity contribution in [1.29, 1.82) is 0 Å². The molecule has 2 heteroatoms. The van der Waals surface area contributed by atoms with Gasteiger partial charge in [-0.25, -0.2) is 0 Å². The first kappa shape index (κ1) is 16.7. The SMILES string of the molecule is C/C=C\C(CC(C)C)C1CCCC(OC(O)CC)C1. The lowest BCUT2D eigenvalue weighted by molar-refractivity contribution is -0.150. The van der Waals surface area contributed by atoms with Gasteiger partial charge in [-0.3, -0.25) is 0 Å². The van der Waals surface area contributed by atoms with Crippen LogP contribution in [0.5, 0.6) is 0 Å². The van der Waals surface area contributed by atoms with E-state index in [4.69, 9.17) is 4.74 Å². The Morgan fingerprint density at radius 2 is 2.05 bits per heavy atom. The highest BCUT2D eigenvalue weighted by Crippen LogP contribution is 2.35. The van der Waals surface area contributed by atoms with E-state index in [-0.39, 0.29) is 6.10 Å². The molecule has 1 rings (SSSR count). The van der Waals surface area contributed by atoms with E-state index in [2.05, 4.69) is 32.9 Å². The van der Waals surface area contributed by atoms with E-state index in [0.717, 1.165) is 24.7 Å². The monoisotopic (exact) mass is 268 g/mol. The van der Waals surface area contributed by atoms with Crippen LogP contribution in [0.3, 0.4) is 0 Å². The van der Waals surface area contributed by atoms with Crippen LogP contribution in [-0.4, -0.2) is 17.5 Å². The molecule has 1 saturated carbocycles. The third kappa shape index (κ3) is 6.09. The van der Waals surface area contributed by atoms with E-state index in [9.17, 15) is 5.11 Å². The minimum atomic E-state index is -0.575. The third-order valence-electron chi connectivity index (χ3n) is 4.15. The number of hydrogen-bond acceptors (Lipinski definition) is 2. The maximum absolute atomic E-state index is 9.65. The predicted molar refractivity (Wildman–Crippen MR) is 80.9 cm³/mol. The molecule has 0 aromatic carbocycles. The topological polar surface area (TPSA) is 29.5 Å². The Hall–Kier alpha value is -0.340. The first-order valence-corrected chi connectivity index (χ1v) is 8.03. The molecule has 1 fully saturated rings. The Morgan fingerprint density at radius 1 is 1.32 bits per heavy atom. The Morgan fingerprint density at radius 3 is 2.63 bits per heavy atom. The average Bonchev–Trinajstić information content (AvgIpc) is 2.38. The van der Waals surface area contributed by atoms with Crippen LogP contribution in [0.1, 0.15) is 66.2 Å². The Labute approximate surface area is 119 Å². The van der Waals surface area contributed by atoms with E-state index >= 15 is 0 Å². The second kappa shape index (κ2) is 8.76. The highest BCUT2D eigenvalue weighted by molar-refractivity contribution is 4.92. The molecular formula is C17H32O2. The lowest BCUT2D eigenvalue weighted by Crippen LogP contribution is -2.30. The molecule has 0 heterocycles. The van der Waals surface area contributed by atoms with Crippen molar-refractivity contribution < 1.29 is 9.84 Å². The number of allylic oxidation sites excluding steroid dienone is 2. The molecule has 4 unspecified atom stereocenters. The van der Waals surface area contributed by atoms with Gasteiger partial charge in [-0.15, -0.1) is 0 Å². The summed E-state index contributed by atoms with van der Waals surface area (Å²) in [6, 6.07) is 0. The number of aliphatic hydroxyl groups excluding tert-OH is 1. The number of rotatable bonds is 7. The fraction of sp³-hybridized carbons (Fsp3) is 0.882. The largest absolute Gasteiger partial charge is 0.368 e. The molecule has 0 aromatic heterocycles. The molecule has 1 N–H and O–H groups in total. The summed E-state index contributed by atoms with van der Waals surface area (Å²) in [6.45, 7) is 8.68. The second-order valence-electron chi connectivity index (χ2n) is 6.37. The van der Waals surface area contributed by atoms with Gasteiger partial charge in [0, 0.05) is 0 Å². The fourth-order valence-corrected chi connectivity index (χ4v) is 3.23. The summed E-state index contributed by atoms with van der Waals surface area (Å²) < 4.78 is 5.74. The average molecular weight is 268 g/mol. The van der Waals surface area contributed by atoms with Crippen molar-refractivity contribution in [1.82, 2.24) is 0 Å². The van der Waals surface area contributed by atoms with Crippen molar-refractivity contribution in [2.24, 2.45) is 17.8 Å². The number of ether oxygens (including phenoxy) is 1. The van der Waals surface area contributed by atoms with Crippen molar-refractivity contribution in [2.45, 2.75) is 78.6 Å². The molecule has 112 valence electrons. The molecule has 19 heavy (non-hydrogen) atoms. The van der Waals surface area contributed by atoms with Crippen molar-refractivity contribution in [3.8, 4) is 0 Å². The minimum Gasteiger partial charge on any atom is -0.368 e. The summed E-state index contributed by atoms with van der Waals surface area (Å²) in [5.74, 6) is 2.14. The minimum absolute atomic E-state index is 0.258. The maximum Gasteiger partial charge on any atom is 0.154 e. The van der Waals surface area contributed by atoms with Gasteiger partial charge in [0.25, 0.3) is 0 Å². The van der Waals surface area contributed by atoms with Gasteiger partial charge in [-0.1, -0.05) is 39.3 Å². The Kier molecular flexibility index (Phi) is 7.70. The van der Waals surface area contributed by atoms with Crippen LogP contribution in [0, 0.1) is 17.8 Å². The van der Waals surface area contributed by atoms with Crippen LogP contribution in [0.2, 0.25) is 0 Å². The number of aliphatic hydroxyl groups is 1. The molecule has 0 bridgehead atoms. The fourth-order valence-electron chi connectivity index (χ4n) is 3.23. The predicted octanol–water partition coefficient (Wildman–Crippen LogP) is 4.53. The van der Waals surface area contributed by atoms with E-state index in [1.807, 2.05) is 6.92 Å². The molecule has 2 nitrogen and oxygen atoms in total. The zero-order valence-corrected chi connectivity index (χ0v) is 13.1. The molecule has 0 aromatic rings. The molecule has 0 spiro atoms. The summed E-state index contributed by atoms with van der Waals surface area (Å²) in [7, 11) is 0. The lowest BCUT2D eigenvalue weighted by Gasteiger charge is -2.35. The van der Waals surface area contributed by atoms with Crippen LogP contribution >= 0.6 is 0 Å². The van der Waals surface area contributed by atoms with Crippen molar-refractivity contribution in [3.63, 3.8) is 0 Å². The van der Waals surface area contributed by atoms with Crippen LogP contribution in [0.4, 0.5) is 0 Å². The van der Waals surface area contributed by atoms with Gasteiger partial charge in [-0.2, -0.15) is 0 Å². The van der Waals surface area contributed by atoms with Crippen LogP contribution < -0.4 is 0 Å². The van der Waals surface area contributed by atoms with Gasteiger partial charge >= 0.3 is 0 Å². The zero-order chi connectivity index (χ0) is 14.3. The molecule has 0 saturated heterocycles. The zero-order valence-electron chi connectivity index (χ0n) is 13.1. The van der Waals surface area contributed by atoms with Gasteiger partial charge in [0.05, 0.1) is 6.10 Å². The molecule has 1 aliphatic carbocycles. The summed E-state index contributed by atoms with van der Waals surface area (Å²) in [5.41, 5.74) is 0. The summed E-state index contributed by atoms with van der Waals surface area (Å²) in [6.07, 6.45) is 11.0. The molecule has 1 aliphatic rings. The van der Waals surface area contributed by atoms with E-state index in [0.29, 0.717) is 12.3 Å². The lowest BCUT2D eigenvalue weighted by atomic mass is 9.75. The molecule has 0 aliphatic heterocycles. The molecule has 0 radical (unpaired) electrons. The second-order valence-corrected chi connectivity index (χ2v) is 6.37. The van der Waals surface area contributed by atoms with Gasteiger partial charge in [0.1, 0.15) is 0 Å². The summed E-state index contributed by atoms with van der Waals surface area (Å²) in [4.78, 5) is 0. The third-order valence-corrected chi connectivity index (χ3v) is 4.15. The van der Waals surface area contributed by atoms with Gasteiger partial charge in [0.2, 0.25) is 0 Å². The first-order valence-electron chi connectivity index (χ1n) is 8.03. The van der Waals surface area contributed by atoms with E-state index in [1.165, 1.54) is 19.3 Å². The normalized spacial score (nSPS) is 27.9. The van der Waals surface area contributed by atoms with Crippen molar-refractivity contribution in [2.75, 3.05) is 0 Å². The van der Waals surface area contributed by atoms with Crippen LogP contribution in [-0.2, 0) is 4.74 Å². The van der Waals surface area contributed by atoms with E-state index < -0.39 is 6.29 Å². The highest BCUT2D eigenvalue weighted by atomic mass is 16.6. The number of hydrogen-bond donors (Lipinski definition) is 1. The molecular weight excluding hydrogens is 236 g/mol. The quantitative estimate of drug-likeness (QED) is 0.543. The Balaban J connectivity index is 2.55. The van der Waals surface area contributed by atoms with Crippen LogP contribution in [0.15, 0.2) is 12.2 Å². The van der Waals surface area contributed by atoms with E-state index in [1.54, 1.807) is 0 Å². The molecule has 4 atom stereocenters. The van der Waals surface area contributed by atoms with Gasteiger partial charge < -0.3 is 9.84 Å². The maximum atomic E-state index is 9.65. The smallest absolute Gasteiger partial charge is 0.154 e. The van der Waals surface area contributed by atoms with Crippen molar-refractivity contribution in [3.05, 3.63) is 12.2 Å².